The molecule has 2 aromatic rings. The number of aryl methyl sites for hydroxylation is 2. The van der Waals surface area contributed by atoms with Crippen LogP contribution >= 0.6 is 0 Å². The van der Waals surface area contributed by atoms with Crippen molar-refractivity contribution in [1.29, 1.82) is 0 Å². The molecule has 33 heavy (non-hydrogen) atoms. The molecule has 1 aliphatic rings. The van der Waals surface area contributed by atoms with Crippen LogP contribution in [0.25, 0.3) is 0 Å². The van der Waals surface area contributed by atoms with Gasteiger partial charge in [0.1, 0.15) is 0 Å². The predicted molar refractivity (Wildman–Crippen MR) is 138 cm³/mol. The number of rotatable bonds is 6. The molecule has 0 amide bonds. The summed E-state index contributed by atoms with van der Waals surface area (Å²) in [6, 6.07) is 18.4. The number of nitrogens with zero attached hydrogens (tertiary/aromatic N) is 4. The SMILES string of the molecule is CC(O)CC(C)O.Cc1cc[c-]c(N2B(N(C)C)B(N(C)C)N(c3cccc(C)c3)[C]2=[Pd])c1. The van der Waals surface area contributed by atoms with Gasteiger partial charge in [0.05, 0.1) is 12.2 Å². The molecule has 1 heterocycles. The zero-order valence-electron chi connectivity index (χ0n) is 21.1. The summed E-state index contributed by atoms with van der Waals surface area (Å²) in [6.07, 6.45) is -0.278. The van der Waals surface area contributed by atoms with E-state index in [-0.39, 0.29) is 26.0 Å². The van der Waals surface area contributed by atoms with Gasteiger partial charge in [0.25, 0.3) is 0 Å². The van der Waals surface area contributed by atoms with E-state index in [1.807, 2.05) is 6.07 Å². The van der Waals surface area contributed by atoms with Crippen LogP contribution in [0.5, 0.6) is 0 Å². The number of anilines is 2. The number of hydrogen-bond acceptors (Lipinski definition) is 6. The quantitative estimate of drug-likeness (QED) is 0.433. The maximum atomic E-state index is 8.56. The van der Waals surface area contributed by atoms with Crippen LogP contribution in [-0.2, 0) is 18.7 Å². The Morgan fingerprint density at radius 3 is 1.91 bits per heavy atom. The number of benzene rings is 2. The first-order valence-electron chi connectivity index (χ1n) is 11.3. The summed E-state index contributed by atoms with van der Waals surface area (Å²) in [5.41, 5.74) is 4.75. The average molecular weight is 542 g/mol. The Hall–Kier alpha value is -1.46. The first-order chi connectivity index (χ1) is 15.4. The summed E-state index contributed by atoms with van der Waals surface area (Å²) < 4.78 is 1.07. The molecule has 0 bridgehead atoms. The molecule has 182 valence electrons. The van der Waals surface area contributed by atoms with Gasteiger partial charge in [-0.25, -0.2) is 0 Å². The Kier molecular flexibility index (Phi) is 10.4. The number of aliphatic hydroxyl groups excluding tert-OH is 2. The third kappa shape index (κ3) is 7.26. The molecular weight excluding hydrogens is 504 g/mol. The number of aliphatic hydroxyl groups is 2. The van der Waals surface area contributed by atoms with Crippen LogP contribution in [-0.4, -0.2) is 78.2 Å². The molecule has 0 saturated carbocycles. The molecule has 0 radical (unpaired) electrons. The Labute approximate surface area is 211 Å². The Balaban J connectivity index is 0.000000479. The van der Waals surface area contributed by atoms with Gasteiger partial charge >= 0.3 is 169 Å². The zero-order valence-corrected chi connectivity index (χ0v) is 22.6. The zero-order chi connectivity index (χ0) is 24.9. The Morgan fingerprint density at radius 2 is 1.45 bits per heavy atom. The molecule has 0 spiro atoms. The molecule has 2 N–H and O–H groups in total. The van der Waals surface area contributed by atoms with Crippen molar-refractivity contribution < 1.29 is 29.0 Å². The first kappa shape index (κ1) is 27.8. The Morgan fingerprint density at radius 1 is 0.909 bits per heavy atom. The summed E-state index contributed by atoms with van der Waals surface area (Å²) in [5, 5.41) is 17.1. The maximum absolute atomic E-state index is 8.56. The second-order valence-electron chi connectivity index (χ2n) is 9.26. The summed E-state index contributed by atoms with van der Waals surface area (Å²) in [4.78, 5) is 9.25. The van der Waals surface area contributed by atoms with Gasteiger partial charge < -0.3 is 10.2 Å². The molecule has 0 aliphatic carbocycles. The van der Waals surface area contributed by atoms with Gasteiger partial charge in [-0.1, -0.05) is 0 Å². The van der Waals surface area contributed by atoms with Crippen LogP contribution in [0.15, 0.2) is 42.5 Å². The van der Waals surface area contributed by atoms with Crippen molar-refractivity contribution >= 4 is 29.4 Å². The summed E-state index contributed by atoms with van der Waals surface area (Å²) in [7, 11) is 8.54. The normalized spacial score (nSPS) is 15.9. The fourth-order valence-corrected chi connectivity index (χ4v) is 4.84. The molecule has 3 rings (SSSR count). The summed E-state index contributed by atoms with van der Waals surface area (Å²) >= 11 is 3.57. The number of hydrogen-bond donors (Lipinski definition) is 2. The molecule has 9 heteroatoms. The molecule has 1 aliphatic heterocycles. The van der Waals surface area contributed by atoms with Crippen LogP contribution in [0.3, 0.4) is 0 Å². The van der Waals surface area contributed by atoms with Crippen LogP contribution in [0, 0.1) is 19.9 Å². The van der Waals surface area contributed by atoms with E-state index in [2.05, 4.69) is 122 Å². The van der Waals surface area contributed by atoms with E-state index in [1.54, 1.807) is 13.8 Å². The van der Waals surface area contributed by atoms with Crippen molar-refractivity contribution in [2.45, 2.75) is 46.3 Å². The topological polar surface area (TPSA) is 53.4 Å². The van der Waals surface area contributed by atoms with Crippen LogP contribution in [0.2, 0.25) is 0 Å². The van der Waals surface area contributed by atoms with E-state index in [9.17, 15) is 0 Å². The van der Waals surface area contributed by atoms with Crippen LogP contribution < -0.4 is 9.62 Å². The molecule has 0 aromatic heterocycles. The average Bonchev–Trinajstić information content (AvgIpc) is 3.01. The van der Waals surface area contributed by atoms with Crippen molar-refractivity contribution in [3.8, 4) is 0 Å². The van der Waals surface area contributed by atoms with E-state index in [4.69, 9.17) is 10.2 Å². The summed E-state index contributed by atoms with van der Waals surface area (Å²) in [6.45, 7) is 7.88. The first-order valence-corrected chi connectivity index (χ1v) is 12.0. The van der Waals surface area contributed by atoms with Gasteiger partial charge in [0.15, 0.2) is 0 Å². The minimum atomic E-state index is -0.375. The predicted octanol–water partition coefficient (Wildman–Crippen LogP) is 2.38. The van der Waals surface area contributed by atoms with Gasteiger partial charge in [-0.3, -0.25) is 0 Å². The second-order valence-corrected chi connectivity index (χ2v) is 9.96. The van der Waals surface area contributed by atoms with Crippen LogP contribution in [0.1, 0.15) is 31.4 Å². The van der Waals surface area contributed by atoms with Gasteiger partial charge in [0, 0.05) is 0 Å². The Bertz CT molecular complexity index is 855. The third-order valence-electron chi connectivity index (χ3n) is 5.39. The molecule has 1 fully saturated rings. The molecule has 2 atom stereocenters. The monoisotopic (exact) mass is 541 g/mol. The van der Waals surface area contributed by atoms with E-state index in [0.29, 0.717) is 6.42 Å². The van der Waals surface area contributed by atoms with Crippen molar-refractivity contribution in [2.75, 3.05) is 37.8 Å². The van der Waals surface area contributed by atoms with E-state index >= 15 is 0 Å². The standard InChI is InChI=1S/C19H25B2N4.C5H12O2.Pd/c1-16-9-7-11-18(13-16)24-15-25(19-12-8-10-17(2)14-19)21(23(5)6)20(24)22(3)4;1-4(6)3-5(2)7;/h7-11,13-14H,1-6H3;4-7H,3H2,1-2H3;/q-1;;. The van der Waals surface area contributed by atoms with Crippen molar-refractivity contribution in [1.82, 2.24) is 9.62 Å². The van der Waals surface area contributed by atoms with E-state index in [0.717, 1.165) is 9.92 Å². The fraction of sp³-hybridized carbons (Fsp3) is 0.458. The van der Waals surface area contributed by atoms with Gasteiger partial charge in [-0.2, -0.15) is 0 Å². The van der Waals surface area contributed by atoms with Gasteiger partial charge in [-0.05, 0) is 20.3 Å². The van der Waals surface area contributed by atoms with Crippen LogP contribution in [0.4, 0.5) is 11.4 Å². The molecule has 2 unspecified atom stereocenters. The van der Waals surface area contributed by atoms with Crippen molar-refractivity contribution in [3.05, 3.63) is 59.7 Å². The molecule has 2 aromatic carbocycles. The second kappa shape index (κ2) is 12.3. The van der Waals surface area contributed by atoms with Crippen molar-refractivity contribution in [3.63, 3.8) is 0 Å². The molecule has 6 nitrogen and oxygen atoms in total. The van der Waals surface area contributed by atoms with E-state index in [1.165, 1.54) is 16.8 Å². The summed E-state index contributed by atoms with van der Waals surface area (Å²) in [5.74, 6) is 0. The minimum absolute atomic E-state index is 0.146. The van der Waals surface area contributed by atoms with Gasteiger partial charge in [-0.15, -0.1) is 0 Å². The third-order valence-corrected chi connectivity index (χ3v) is 6.13. The van der Waals surface area contributed by atoms with Gasteiger partial charge in [0.2, 0.25) is 0 Å². The fourth-order valence-electron chi connectivity index (χ4n) is 4.04. The molecular formula is C24H37B2N4O2Pd-. The van der Waals surface area contributed by atoms with Crippen molar-refractivity contribution in [2.24, 2.45) is 0 Å². The van der Waals surface area contributed by atoms with E-state index < -0.39 is 0 Å². The molecule has 1 saturated heterocycles.